The summed E-state index contributed by atoms with van der Waals surface area (Å²) in [6, 6.07) is 4.50. The summed E-state index contributed by atoms with van der Waals surface area (Å²) in [5.74, 6) is 0.199. The summed E-state index contributed by atoms with van der Waals surface area (Å²) in [6.07, 6.45) is 2.85. The summed E-state index contributed by atoms with van der Waals surface area (Å²) < 4.78 is 5.46. The molecule has 1 aromatic carbocycles. The zero-order valence-corrected chi connectivity index (χ0v) is 15.1. The molecule has 26 heavy (non-hydrogen) atoms. The normalized spacial score (nSPS) is 13.7. The zero-order valence-electron chi connectivity index (χ0n) is 14.3. The van der Waals surface area contributed by atoms with Gasteiger partial charge in [-0.25, -0.2) is 4.79 Å². The van der Waals surface area contributed by atoms with Crippen molar-refractivity contribution in [2.45, 2.75) is 20.0 Å². The summed E-state index contributed by atoms with van der Waals surface area (Å²) in [7, 11) is 0. The van der Waals surface area contributed by atoms with Gasteiger partial charge in [-0.15, -0.1) is 0 Å². The van der Waals surface area contributed by atoms with E-state index in [4.69, 9.17) is 16.3 Å². The van der Waals surface area contributed by atoms with Gasteiger partial charge in [0.25, 0.3) is 5.91 Å². The van der Waals surface area contributed by atoms with Crippen LogP contribution in [0.15, 0.2) is 30.6 Å². The van der Waals surface area contributed by atoms with E-state index in [1.54, 1.807) is 18.2 Å². The number of hydrogen-bond acceptors (Lipinski definition) is 5. The number of hydrogen-bond donors (Lipinski definition) is 2. The number of carbonyl (C=O) groups excluding carboxylic acids is 2. The molecule has 2 N–H and O–H groups in total. The van der Waals surface area contributed by atoms with Gasteiger partial charge in [0.05, 0.1) is 29.2 Å². The Hall–Kier alpha value is -2.87. The molecule has 0 unspecified atom stereocenters. The van der Waals surface area contributed by atoms with Crippen molar-refractivity contribution in [1.82, 2.24) is 15.3 Å². The molecule has 1 saturated heterocycles. The van der Waals surface area contributed by atoms with Crippen LogP contribution in [-0.2, 0) is 0 Å². The second-order valence-electron chi connectivity index (χ2n) is 5.91. The first-order valence-electron chi connectivity index (χ1n) is 8.09. The van der Waals surface area contributed by atoms with Gasteiger partial charge in [0.2, 0.25) is 5.88 Å². The van der Waals surface area contributed by atoms with E-state index >= 15 is 0 Å². The molecular weight excluding hydrogens is 358 g/mol. The molecule has 0 spiro atoms. The van der Waals surface area contributed by atoms with Crippen LogP contribution >= 0.6 is 11.6 Å². The van der Waals surface area contributed by atoms with E-state index in [0.29, 0.717) is 35.2 Å². The van der Waals surface area contributed by atoms with Crippen LogP contribution < -0.4 is 20.3 Å². The molecule has 1 aromatic heterocycles. The SMILES string of the molecule is CC(C)Oc1cncc(NC(=O)c2ccc(Cl)c(N3CCNC3=O)c2)n1. The molecule has 0 radical (unpaired) electrons. The number of anilines is 2. The predicted octanol–water partition coefficient (Wildman–Crippen LogP) is 2.70. The highest BCUT2D eigenvalue weighted by atomic mass is 35.5. The van der Waals surface area contributed by atoms with Gasteiger partial charge in [0.1, 0.15) is 0 Å². The first kappa shape index (κ1) is 17.9. The minimum atomic E-state index is -0.390. The van der Waals surface area contributed by atoms with Crippen LogP contribution in [-0.4, -0.2) is 41.1 Å². The Balaban J connectivity index is 1.79. The third kappa shape index (κ3) is 4.02. The number of urea groups is 1. The number of amides is 3. The largest absolute Gasteiger partial charge is 0.474 e. The van der Waals surface area contributed by atoms with Crippen LogP contribution in [0, 0.1) is 0 Å². The Bertz CT molecular complexity index is 843. The number of rotatable bonds is 5. The Morgan fingerprint density at radius 3 is 2.88 bits per heavy atom. The summed E-state index contributed by atoms with van der Waals surface area (Å²) in [5, 5.41) is 5.76. The fourth-order valence-corrected chi connectivity index (χ4v) is 2.68. The first-order chi connectivity index (χ1) is 12.4. The minimum absolute atomic E-state index is 0.0549. The Kier molecular flexibility index (Phi) is 5.22. The standard InChI is InChI=1S/C17H18ClN5O3/c1-10(2)26-15-9-19-8-14(21-15)22-16(24)11-3-4-12(18)13(7-11)23-6-5-20-17(23)25/h3-4,7-10H,5-6H2,1-2H3,(H,20,25)(H,21,22,24). The molecule has 9 heteroatoms. The van der Waals surface area contributed by atoms with Crippen molar-refractivity contribution in [2.24, 2.45) is 0 Å². The fourth-order valence-electron chi connectivity index (χ4n) is 2.46. The molecule has 3 rings (SSSR count). The third-order valence-corrected chi connectivity index (χ3v) is 3.89. The van der Waals surface area contributed by atoms with Crippen LogP contribution in [0.1, 0.15) is 24.2 Å². The highest BCUT2D eigenvalue weighted by Crippen LogP contribution is 2.28. The molecule has 2 heterocycles. The molecule has 0 atom stereocenters. The number of carbonyl (C=O) groups is 2. The van der Waals surface area contributed by atoms with Crippen molar-refractivity contribution in [3.63, 3.8) is 0 Å². The molecule has 0 saturated carbocycles. The van der Waals surface area contributed by atoms with Crippen molar-refractivity contribution >= 4 is 35.0 Å². The van der Waals surface area contributed by atoms with Crippen LogP contribution in [0.25, 0.3) is 0 Å². The van der Waals surface area contributed by atoms with Crippen LogP contribution in [0.3, 0.4) is 0 Å². The van der Waals surface area contributed by atoms with Crippen molar-refractivity contribution in [1.29, 1.82) is 0 Å². The maximum absolute atomic E-state index is 12.5. The predicted molar refractivity (Wildman–Crippen MR) is 97.9 cm³/mol. The van der Waals surface area contributed by atoms with Gasteiger partial charge in [0.15, 0.2) is 5.82 Å². The number of halogens is 1. The highest BCUT2D eigenvalue weighted by Gasteiger charge is 2.24. The molecule has 1 aliphatic rings. The number of benzene rings is 1. The lowest BCUT2D eigenvalue weighted by Gasteiger charge is -2.17. The molecular formula is C17H18ClN5O3. The molecule has 1 aliphatic heterocycles. The quantitative estimate of drug-likeness (QED) is 0.837. The monoisotopic (exact) mass is 375 g/mol. The molecule has 1 fully saturated rings. The Labute approximate surface area is 155 Å². The van der Waals surface area contributed by atoms with Crippen molar-refractivity contribution in [2.75, 3.05) is 23.3 Å². The third-order valence-electron chi connectivity index (χ3n) is 3.57. The molecule has 8 nitrogen and oxygen atoms in total. The number of nitrogens with zero attached hydrogens (tertiary/aromatic N) is 3. The molecule has 2 aromatic rings. The van der Waals surface area contributed by atoms with Gasteiger partial charge in [-0.2, -0.15) is 4.98 Å². The van der Waals surface area contributed by atoms with Crippen LogP contribution in [0.5, 0.6) is 5.88 Å². The van der Waals surface area contributed by atoms with E-state index in [0.717, 1.165) is 0 Å². The summed E-state index contributed by atoms with van der Waals surface area (Å²) in [4.78, 5) is 34.1. The van der Waals surface area contributed by atoms with Crippen molar-refractivity contribution in [3.05, 3.63) is 41.2 Å². The minimum Gasteiger partial charge on any atom is -0.474 e. The van der Waals surface area contributed by atoms with E-state index in [2.05, 4.69) is 20.6 Å². The average Bonchev–Trinajstić information content (AvgIpc) is 3.01. The first-order valence-corrected chi connectivity index (χ1v) is 8.47. The maximum atomic E-state index is 12.5. The topological polar surface area (TPSA) is 96.5 Å². The lowest BCUT2D eigenvalue weighted by Crippen LogP contribution is -2.28. The van der Waals surface area contributed by atoms with E-state index in [1.165, 1.54) is 17.3 Å². The van der Waals surface area contributed by atoms with Crippen LogP contribution in [0.4, 0.5) is 16.3 Å². The van der Waals surface area contributed by atoms with Gasteiger partial charge in [-0.1, -0.05) is 11.6 Å². The number of nitrogens with one attached hydrogen (secondary N) is 2. The summed E-state index contributed by atoms with van der Waals surface area (Å²) >= 11 is 6.18. The second-order valence-corrected chi connectivity index (χ2v) is 6.32. The molecule has 3 amide bonds. The molecule has 136 valence electrons. The highest BCUT2D eigenvalue weighted by molar-refractivity contribution is 6.34. The summed E-state index contributed by atoms with van der Waals surface area (Å²) in [5.41, 5.74) is 0.832. The average molecular weight is 376 g/mol. The second kappa shape index (κ2) is 7.57. The van der Waals surface area contributed by atoms with Crippen molar-refractivity contribution < 1.29 is 14.3 Å². The number of ether oxygens (including phenoxy) is 1. The fraction of sp³-hybridized carbons (Fsp3) is 0.294. The Morgan fingerprint density at radius 2 is 2.19 bits per heavy atom. The zero-order chi connectivity index (χ0) is 18.7. The van der Waals surface area contributed by atoms with Gasteiger partial charge >= 0.3 is 6.03 Å². The van der Waals surface area contributed by atoms with E-state index in [1.807, 2.05) is 13.8 Å². The van der Waals surface area contributed by atoms with Crippen molar-refractivity contribution in [3.8, 4) is 5.88 Å². The maximum Gasteiger partial charge on any atom is 0.322 e. The van der Waals surface area contributed by atoms with Gasteiger partial charge in [0, 0.05) is 18.7 Å². The smallest absolute Gasteiger partial charge is 0.322 e. The Morgan fingerprint density at radius 1 is 1.38 bits per heavy atom. The van der Waals surface area contributed by atoms with Gasteiger partial charge < -0.3 is 15.4 Å². The lowest BCUT2D eigenvalue weighted by molar-refractivity contribution is 0.102. The molecule has 0 bridgehead atoms. The van der Waals surface area contributed by atoms with Crippen LogP contribution in [0.2, 0.25) is 5.02 Å². The van der Waals surface area contributed by atoms with E-state index < -0.39 is 5.91 Å². The van der Waals surface area contributed by atoms with Gasteiger partial charge in [-0.3, -0.25) is 14.7 Å². The molecule has 0 aliphatic carbocycles. The van der Waals surface area contributed by atoms with E-state index in [9.17, 15) is 9.59 Å². The van der Waals surface area contributed by atoms with Gasteiger partial charge in [-0.05, 0) is 32.0 Å². The lowest BCUT2D eigenvalue weighted by atomic mass is 10.1. The number of aromatic nitrogens is 2. The van der Waals surface area contributed by atoms with E-state index in [-0.39, 0.29) is 18.0 Å². The summed E-state index contributed by atoms with van der Waals surface area (Å²) in [6.45, 7) is 4.76.